The zero-order valence-corrected chi connectivity index (χ0v) is 15.5. The first-order valence-electron chi connectivity index (χ1n) is 8.89. The molecule has 1 aromatic rings. The molecular formula is C18H26N4O4. The minimum Gasteiger partial charge on any atom is -0.480 e. The van der Waals surface area contributed by atoms with Crippen LogP contribution in [0.5, 0.6) is 0 Å². The van der Waals surface area contributed by atoms with Gasteiger partial charge in [-0.15, -0.1) is 0 Å². The van der Waals surface area contributed by atoms with Crippen LogP contribution in [0.3, 0.4) is 0 Å². The molecule has 26 heavy (non-hydrogen) atoms. The van der Waals surface area contributed by atoms with Crippen molar-refractivity contribution in [2.24, 2.45) is 0 Å². The first kappa shape index (κ1) is 19.8. The lowest BCUT2D eigenvalue weighted by Gasteiger charge is -2.29. The van der Waals surface area contributed by atoms with Gasteiger partial charge in [0.05, 0.1) is 11.3 Å². The first-order valence-corrected chi connectivity index (χ1v) is 8.89. The maximum atomic E-state index is 12.9. The summed E-state index contributed by atoms with van der Waals surface area (Å²) >= 11 is 0. The van der Waals surface area contributed by atoms with Crippen LogP contribution in [-0.4, -0.2) is 68.3 Å². The van der Waals surface area contributed by atoms with Gasteiger partial charge in [0.15, 0.2) is 0 Å². The SMILES string of the molecule is CC(=O)N(CC(=O)O)C1CCCN(C(=O)c2cncnc2C(C)C)CC1. The number of carbonyl (C=O) groups is 3. The Kier molecular flexibility index (Phi) is 6.65. The van der Waals surface area contributed by atoms with Crippen molar-refractivity contribution in [1.82, 2.24) is 19.8 Å². The van der Waals surface area contributed by atoms with E-state index in [0.29, 0.717) is 37.9 Å². The zero-order chi connectivity index (χ0) is 19.3. The van der Waals surface area contributed by atoms with Crippen LogP contribution in [0, 0.1) is 0 Å². The first-order chi connectivity index (χ1) is 12.3. The number of likely N-dealkylation sites (tertiary alicyclic amines) is 1. The average Bonchev–Trinajstić information content (AvgIpc) is 2.84. The van der Waals surface area contributed by atoms with Gasteiger partial charge in [-0.1, -0.05) is 13.8 Å². The van der Waals surface area contributed by atoms with E-state index in [4.69, 9.17) is 5.11 Å². The minimum atomic E-state index is -1.03. The zero-order valence-electron chi connectivity index (χ0n) is 15.5. The van der Waals surface area contributed by atoms with Crippen molar-refractivity contribution in [3.8, 4) is 0 Å². The molecule has 1 aliphatic rings. The fraction of sp³-hybridized carbons (Fsp3) is 0.611. The highest BCUT2D eigenvalue weighted by molar-refractivity contribution is 5.95. The number of amides is 2. The number of hydrogen-bond acceptors (Lipinski definition) is 5. The van der Waals surface area contributed by atoms with Crippen molar-refractivity contribution in [3.05, 3.63) is 23.8 Å². The van der Waals surface area contributed by atoms with Gasteiger partial charge >= 0.3 is 5.97 Å². The van der Waals surface area contributed by atoms with Crippen LogP contribution in [0.1, 0.15) is 62.0 Å². The van der Waals surface area contributed by atoms with Gasteiger partial charge in [-0.25, -0.2) is 9.97 Å². The van der Waals surface area contributed by atoms with E-state index in [1.165, 1.54) is 18.2 Å². The van der Waals surface area contributed by atoms with Gasteiger partial charge in [0.2, 0.25) is 5.91 Å². The monoisotopic (exact) mass is 362 g/mol. The van der Waals surface area contributed by atoms with Crippen molar-refractivity contribution < 1.29 is 19.5 Å². The van der Waals surface area contributed by atoms with Crippen LogP contribution in [-0.2, 0) is 9.59 Å². The molecule has 1 unspecified atom stereocenters. The van der Waals surface area contributed by atoms with Crippen molar-refractivity contribution in [2.45, 2.75) is 52.0 Å². The fourth-order valence-corrected chi connectivity index (χ4v) is 3.37. The van der Waals surface area contributed by atoms with Gasteiger partial charge in [-0.3, -0.25) is 14.4 Å². The molecule has 0 saturated carbocycles. The predicted octanol–water partition coefficient (Wildman–Crippen LogP) is 1.53. The van der Waals surface area contributed by atoms with Crippen LogP contribution in [0.2, 0.25) is 0 Å². The topological polar surface area (TPSA) is 104 Å². The van der Waals surface area contributed by atoms with Crippen LogP contribution in [0.15, 0.2) is 12.5 Å². The minimum absolute atomic E-state index is 0.109. The molecule has 1 saturated heterocycles. The summed E-state index contributed by atoms with van der Waals surface area (Å²) in [6.07, 6.45) is 4.95. The normalized spacial score (nSPS) is 17.7. The Labute approximate surface area is 153 Å². The predicted molar refractivity (Wildman–Crippen MR) is 94.7 cm³/mol. The molecule has 8 nitrogen and oxygen atoms in total. The summed E-state index contributed by atoms with van der Waals surface area (Å²) in [6.45, 7) is 6.08. The maximum Gasteiger partial charge on any atom is 0.323 e. The number of nitrogens with zero attached hydrogens (tertiary/aromatic N) is 4. The smallest absolute Gasteiger partial charge is 0.323 e. The molecule has 1 N–H and O–H groups in total. The van der Waals surface area contributed by atoms with E-state index in [-0.39, 0.29) is 30.3 Å². The Bertz CT molecular complexity index is 677. The molecule has 0 aliphatic carbocycles. The molecule has 1 fully saturated rings. The number of aliphatic carboxylic acids is 1. The number of rotatable bonds is 5. The van der Waals surface area contributed by atoms with Crippen LogP contribution in [0.4, 0.5) is 0 Å². The lowest BCUT2D eigenvalue weighted by Crippen LogP contribution is -2.43. The fourth-order valence-electron chi connectivity index (χ4n) is 3.37. The number of hydrogen-bond donors (Lipinski definition) is 1. The molecule has 8 heteroatoms. The Morgan fingerprint density at radius 2 is 2.04 bits per heavy atom. The highest BCUT2D eigenvalue weighted by Gasteiger charge is 2.29. The second-order valence-corrected chi connectivity index (χ2v) is 6.89. The molecule has 2 amide bonds. The molecule has 1 aliphatic heterocycles. The second-order valence-electron chi connectivity index (χ2n) is 6.89. The Morgan fingerprint density at radius 1 is 1.31 bits per heavy atom. The third-order valence-corrected chi connectivity index (χ3v) is 4.66. The van der Waals surface area contributed by atoms with Crippen LogP contribution in [0.25, 0.3) is 0 Å². The highest BCUT2D eigenvalue weighted by atomic mass is 16.4. The summed E-state index contributed by atoms with van der Waals surface area (Å²) in [5.74, 6) is -1.28. The molecular weight excluding hydrogens is 336 g/mol. The van der Waals surface area contributed by atoms with E-state index in [2.05, 4.69) is 9.97 Å². The van der Waals surface area contributed by atoms with E-state index in [0.717, 1.165) is 5.69 Å². The number of carboxylic acids is 1. The lowest BCUT2D eigenvalue weighted by atomic mass is 10.0. The van der Waals surface area contributed by atoms with Crippen molar-refractivity contribution in [1.29, 1.82) is 0 Å². The number of carbonyl (C=O) groups excluding carboxylic acids is 2. The molecule has 1 aromatic heterocycles. The third-order valence-electron chi connectivity index (χ3n) is 4.66. The summed E-state index contributed by atoms with van der Waals surface area (Å²) in [5.41, 5.74) is 1.23. The van der Waals surface area contributed by atoms with E-state index in [1.807, 2.05) is 13.8 Å². The Morgan fingerprint density at radius 3 is 2.65 bits per heavy atom. The number of carboxylic acid groups (broad SMARTS) is 1. The lowest BCUT2D eigenvalue weighted by molar-refractivity contribution is -0.145. The molecule has 1 atom stereocenters. The van der Waals surface area contributed by atoms with E-state index in [9.17, 15) is 14.4 Å². The summed E-state index contributed by atoms with van der Waals surface area (Å²) in [6, 6.07) is -0.169. The molecule has 2 rings (SSSR count). The van der Waals surface area contributed by atoms with E-state index < -0.39 is 5.97 Å². The van der Waals surface area contributed by atoms with E-state index >= 15 is 0 Å². The summed E-state index contributed by atoms with van der Waals surface area (Å²) in [7, 11) is 0. The van der Waals surface area contributed by atoms with Gasteiger partial charge in [0, 0.05) is 32.3 Å². The number of aromatic nitrogens is 2. The summed E-state index contributed by atoms with van der Waals surface area (Å²) in [5, 5.41) is 9.03. The Hall–Kier alpha value is -2.51. The summed E-state index contributed by atoms with van der Waals surface area (Å²) in [4.78, 5) is 47.2. The molecule has 0 bridgehead atoms. The van der Waals surface area contributed by atoms with Gasteiger partial charge in [0.1, 0.15) is 12.9 Å². The van der Waals surface area contributed by atoms with E-state index in [1.54, 1.807) is 11.1 Å². The van der Waals surface area contributed by atoms with Crippen molar-refractivity contribution >= 4 is 17.8 Å². The Balaban J connectivity index is 2.12. The van der Waals surface area contributed by atoms with Gasteiger partial charge in [0.25, 0.3) is 5.91 Å². The quantitative estimate of drug-likeness (QED) is 0.852. The van der Waals surface area contributed by atoms with Gasteiger partial charge in [-0.2, -0.15) is 0 Å². The third kappa shape index (κ3) is 4.77. The largest absolute Gasteiger partial charge is 0.480 e. The second kappa shape index (κ2) is 8.73. The molecule has 142 valence electrons. The molecule has 0 aromatic carbocycles. The van der Waals surface area contributed by atoms with Crippen molar-refractivity contribution in [2.75, 3.05) is 19.6 Å². The van der Waals surface area contributed by atoms with Gasteiger partial charge in [-0.05, 0) is 25.2 Å². The average molecular weight is 362 g/mol. The standard InChI is InChI=1S/C18H26N4O4/c1-12(2)17-15(9-19-11-20-17)18(26)21-7-4-5-14(6-8-21)22(13(3)23)10-16(24)25/h9,11-12,14H,4-8,10H2,1-3H3,(H,24,25). The molecule has 2 heterocycles. The highest BCUT2D eigenvalue weighted by Crippen LogP contribution is 2.21. The van der Waals surface area contributed by atoms with Crippen LogP contribution < -0.4 is 0 Å². The molecule has 0 spiro atoms. The van der Waals surface area contributed by atoms with Crippen LogP contribution >= 0.6 is 0 Å². The molecule has 0 radical (unpaired) electrons. The van der Waals surface area contributed by atoms with Gasteiger partial charge < -0.3 is 14.9 Å². The maximum absolute atomic E-state index is 12.9. The van der Waals surface area contributed by atoms with Crippen molar-refractivity contribution in [3.63, 3.8) is 0 Å². The summed E-state index contributed by atoms with van der Waals surface area (Å²) < 4.78 is 0.